The quantitative estimate of drug-likeness (QED) is 0.378. The van der Waals surface area contributed by atoms with Crippen LogP contribution in [0.4, 0.5) is 23.2 Å². The summed E-state index contributed by atoms with van der Waals surface area (Å²) in [6, 6.07) is 7.16. The second-order valence-corrected chi connectivity index (χ2v) is 5.15. The monoisotopic (exact) mass is 367 g/mol. The third kappa shape index (κ3) is 4.69. The maximum absolute atomic E-state index is 13.5. The van der Waals surface area contributed by atoms with Gasteiger partial charge >= 0.3 is 5.97 Å². The van der Waals surface area contributed by atoms with Gasteiger partial charge in [-0.1, -0.05) is 18.2 Å². The lowest BCUT2D eigenvalue weighted by Crippen LogP contribution is -2.29. The van der Waals surface area contributed by atoms with E-state index < -0.39 is 46.9 Å². The molecule has 26 heavy (non-hydrogen) atoms. The predicted molar refractivity (Wildman–Crippen MR) is 85.9 cm³/mol. The minimum atomic E-state index is -1.74. The fourth-order valence-electron chi connectivity index (χ4n) is 1.89. The largest absolute Gasteiger partial charge is 0.449 e. The molecule has 2 aromatic carbocycles. The van der Waals surface area contributed by atoms with Gasteiger partial charge in [0, 0.05) is 11.6 Å². The average molecular weight is 367 g/mol. The summed E-state index contributed by atoms with van der Waals surface area (Å²) in [7, 11) is 0. The van der Waals surface area contributed by atoms with Gasteiger partial charge in [0.1, 0.15) is 5.82 Å². The summed E-state index contributed by atoms with van der Waals surface area (Å²) < 4.78 is 57.7. The Kier molecular flexibility index (Phi) is 6.11. The molecule has 0 saturated heterocycles. The van der Waals surface area contributed by atoms with Crippen molar-refractivity contribution in [2.75, 3.05) is 5.32 Å². The maximum atomic E-state index is 13.5. The van der Waals surface area contributed by atoms with Gasteiger partial charge < -0.3 is 10.1 Å². The number of carbonyl (C=O) groups excluding carboxylic acids is 2. The zero-order valence-electron chi connectivity index (χ0n) is 13.4. The molecule has 0 bridgehead atoms. The number of benzene rings is 2. The van der Waals surface area contributed by atoms with Crippen molar-refractivity contribution in [1.29, 1.82) is 0 Å². The molecule has 0 aromatic heterocycles. The smallest absolute Gasteiger partial charge is 0.331 e. The van der Waals surface area contributed by atoms with Gasteiger partial charge in [-0.05, 0) is 31.2 Å². The molecule has 8 heteroatoms. The van der Waals surface area contributed by atoms with E-state index in [-0.39, 0.29) is 5.56 Å². The van der Waals surface area contributed by atoms with Gasteiger partial charge in [0.25, 0.3) is 5.91 Å². The molecule has 2 aromatic rings. The van der Waals surface area contributed by atoms with E-state index in [1.807, 2.05) is 5.32 Å². The van der Waals surface area contributed by atoms with E-state index in [1.165, 1.54) is 25.1 Å². The number of esters is 1. The van der Waals surface area contributed by atoms with Gasteiger partial charge in [0.2, 0.25) is 0 Å². The minimum Gasteiger partial charge on any atom is -0.449 e. The lowest BCUT2D eigenvalue weighted by molar-refractivity contribution is -0.148. The predicted octanol–water partition coefficient (Wildman–Crippen LogP) is 3.83. The van der Waals surface area contributed by atoms with E-state index in [2.05, 4.69) is 0 Å². The third-order valence-electron chi connectivity index (χ3n) is 3.26. The highest BCUT2D eigenvalue weighted by Gasteiger charge is 2.20. The summed E-state index contributed by atoms with van der Waals surface area (Å²) >= 11 is 0. The number of halogens is 4. The average Bonchev–Trinajstić information content (AvgIpc) is 2.61. The van der Waals surface area contributed by atoms with Gasteiger partial charge in [0.05, 0.1) is 5.69 Å². The lowest BCUT2D eigenvalue weighted by Gasteiger charge is -2.13. The second kappa shape index (κ2) is 8.28. The van der Waals surface area contributed by atoms with Crippen molar-refractivity contribution in [3.05, 3.63) is 71.3 Å². The van der Waals surface area contributed by atoms with Crippen molar-refractivity contribution in [3.63, 3.8) is 0 Å². The van der Waals surface area contributed by atoms with Gasteiger partial charge in [-0.15, -0.1) is 0 Å². The standard InChI is InChI=1S/C18H13F4NO3/c1-10(18(25)23-14-8-7-13(20)16(21)17(14)22)26-15(24)9-6-11-4-2-3-5-12(11)19/h2-10H,1H3,(H,23,25)/b9-6+. The molecule has 136 valence electrons. The van der Waals surface area contributed by atoms with Crippen LogP contribution in [-0.2, 0) is 14.3 Å². The molecule has 4 nitrogen and oxygen atoms in total. The van der Waals surface area contributed by atoms with Gasteiger partial charge in [-0.2, -0.15) is 0 Å². The number of hydrogen-bond acceptors (Lipinski definition) is 3. The Hall–Kier alpha value is -3.16. The van der Waals surface area contributed by atoms with Crippen LogP contribution in [0.3, 0.4) is 0 Å². The fourth-order valence-corrected chi connectivity index (χ4v) is 1.89. The van der Waals surface area contributed by atoms with Crippen molar-refractivity contribution >= 4 is 23.6 Å². The zero-order chi connectivity index (χ0) is 19.3. The number of ether oxygens (including phenoxy) is 1. The highest BCUT2D eigenvalue weighted by molar-refractivity contribution is 5.96. The summed E-state index contributed by atoms with van der Waals surface area (Å²) in [4.78, 5) is 23.5. The lowest BCUT2D eigenvalue weighted by atomic mass is 10.2. The molecule has 0 spiro atoms. The van der Waals surface area contributed by atoms with Crippen molar-refractivity contribution in [1.82, 2.24) is 0 Å². The number of amides is 1. The van der Waals surface area contributed by atoms with E-state index in [4.69, 9.17) is 4.74 Å². The molecule has 0 heterocycles. The van der Waals surface area contributed by atoms with Crippen molar-refractivity contribution in [3.8, 4) is 0 Å². The summed E-state index contributed by atoms with van der Waals surface area (Å²) in [5.41, 5.74) is -0.455. The Morgan fingerprint density at radius 1 is 1.00 bits per heavy atom. The van der Waals surface area contributed by atoms with E-state index >= 15 is 0 Å². The molecule has 1 atom stereocenters. The number of nitrogens with one attached hydrogen (secondary N) is 1. The van der Waals surface area contributed by atoms with Crippen LogP contribution in [0.5, 0.6) is 0 Å². The molecular formula is C18H13F4NO3. The molecule has 0 aliphatic rings. The normalized spacial score (nSPS) is 12.0. The first-order valence-corrected chi connectivity index (χ1v) is 7.37. The van der Waals surface area contributed by atoms with Crippen LogP contribution in [-0.4, -0.2) is 18.0 Å². The molecule has 0 aliphatic heterocycles. The minimum absolute atomic E-state index is 0.144. The molecule has 0 aliphatic carbocycles. The molecule has 2 rings (SSSR count). The van der Waals surface area contributed by atoms with Crippen LogP contribution < -0.4 is 5.32 Å². The van der Waals surface area contributed by atoms with E-state index in [0.717, 1.165) is 18.2 Å². The number of rotatable bonds is 5. The highest BCUT2D eigenvalue weighted by atomic mass is 19.2. The van der Waals surface area contributed by atoms with Gasteiger partial charge in [-0.25, -0.2) is 22.4 Å². The Balaban J connectivity index is 1.97. The Morgan fingerprint density at radius 3 is 2.38 bits per heavy atom. The molecule has 0 saturated carbocycles. The van der Waals surface area contributed by atoms with E-state index in [9.17, 15) is 27.2 Å². The van der Waals surface area contributed by atoms with E-state index in [0.29, 0.717) is 6.07 Å². The third-order valence-corrected chi connectivity index (χ3v) is 3.26. The van der Waals surface area contributed by atoms with Gasteiger partial charge in [0.15, 0.2) is 23.6 Å². The summed E-state index contributed by atoms with van der Waals surface area (Å²) in [6.07, 6.45) is 0.720. The highest BCUT2D eigenvalue weighted by Crippen LogP contribution is 2.20. The number of anilines is 1. The van der Waals surface area contributed by atoms with Crippen LogP contribution >= 0.6 is 0 Å². The maximum Gasteiger partial charge on any atom is 0.331 e. The number of carbonyl (C=O) groups is 2. The molecule has 0 radical (unpaired) electrons. The van der Waals surface area contributed by atoms with Crippen LogP contribution in [0.15, 0.2) is 42.5 Å². The van der Waals surface area contributed by atoms with E-state index in [1.54, 1.807) is 6.07 Å². The number of hydrogen-bond donors (Lipinski definition) is 1. The molecule has 0 fully saturated rings. The van der Waals surface area contributed by atoms with Crippen LogP contribution in [0, 0.1) is 23.3 Å². The zero-order valence-corrected chi connectivity index (χ0v) is 13.4. The van der Waals surface area contributed by atoms with Crippen LogP contribution in [0.1, 0.15) is 12.5 Å². The molecule has 1 amide bonds. The summed E-state index contributed by atoms with van der Waals surface area (Å²) in [5.74, 6) is -7.16. The van der Waals surface area contributed by atoms with Gasteiger partial charge in [-0.3, -0.25) is 4.79 Å². The Bertz CT molecular complexity index is 868. The van der Waals surface area contributed by atoms with Crippen LogP contribution in [0.2, 0.25) is 0 Å². The van der Waals surface area contributed by atoms with Crippen LogP contribution in [0.25, 0.3) is 6.08 Å². The Morgan fingerprint density at radius 2 is 1.69 bits per heavy atom. The Labute approximate surface area is 146 Å². The molecular weight excluding hydrogens is 354 g/mol. The van der Waals surface area contributed by atoms with Crippen molar-refractivity contribution in [2.45, 2.75) is 13.0 Å². The first-order chi connectivity index (χ1) is 12.3. The first-order valence-electron chi connectivity index (χ1n) is 7.37. The first kappa shape index (κ1) is 19.2. The van der Waals surface area contributed by atoms with Crippen molar-refractivity contribution in [2.24, 2.45) is 0 Å². The molecule has 1 N–H and O–H groups in total. The summed E-state index contributed by atoms with van der Waals surface area (Å²) in [5, 5.41) is 1.98. The SMILES string of the molecule is CC(OC(=O)/C=C/c1ccccc1F)C(=O)Nc1ccc(F)c(F)c1F. The fraction of sp³-hybridized carbons (Fsp3) is 0.111. The topological polar surface area (TPSA) is 55.4 Å². The van der Waals surface area contributed by atoms with Crippen molar-refractivity contribution < 1.29 is 31.9 Å². The second-order valence-electron chi connectivity index (χ2n) is 5.15. The molecule has 1 unspecified atom stereocenters. The summed E-state index contributed by atoms with van der Waals surface area (Å²) in [6.45, 7) is 1.20.